The summed E-state index contributed by atoms with van der Waals surface area (Å²) in [5, 5.41) is 7.89. The summed E-state index contributed by atoms with van der Waals surface area (Å²) in [6.45, 7) is 8.07. The lowest BCUT2D eigenvalue weighted by Crippen LogP contribution is -2.12. The summed E-state index contributed by atoms with van der Waals surface area (Å²) in [6, 6.07) is 8.47. The topological polar surface area (TPSA) is 29.9 Å². The molecule has 0 saturated carbocycles. The molecule has 0 saturated heterocycles. The Bertz CT molecular complexity index is 546. The van der Waals surface area contributed by atoms with Gasteiger partial charge in [-0.2, -0.15) is 5.10 Å². The van der Waals surface area contributed by atoms with Gasteiger partial charge in [-0.25, -0.2) is 4.68 Å². The van der Waals surface area contributed by atoms with E-state index >= 15 is 0 Å². The van der Waals surface area contributed by atoms with E-state index in [4.69, 9.17) is 0 Å². The van der Waals surface area contributed by atoms with Crippen molar-refractivity contribution in [2.45, 2.75) is 27.3 Å². The number of aryl methyl sites for hydroxylation is 1. The molecule has 0 aliphatic heterocycles. The van der Waals surface area contributed by atoms with Crippen molar-refractivity contribution in [2.75, 3.05) is 6.54 Å². The summed E-state index contributed by atoms with van der Waals surface area (Å²) in [5.41, 5.74) is 4.53. The van der Waals surface area contributed by atoms with E-state index in [-0.39, 0.29) is 0 Å². The first kappa shape index (κ1) is 13.3. The molecule has 0 aliphatic rings. The van der Waals surface area contributed by atoms with E-state index in [1.54, 1.807) is 0 Å². The van der Waals surface area contributed by atoms with E-state index in [9.17, 15) is 0 Å². The highest BCUT2D eigenvalue weighted by Gasteiger charge is 2.10. The van der Waals surface area contributed by atoms with E-state index in [0.717, 1.165) is 34.6 Å². The van der Waals surface area contributed by atoms with Crippen LogP contribution in [0.4, 0.5) is 0 Å². The molecule has 0 bridgehead atoms. The molecule has 0 atom stereocenters. The number of halogens is 1. The van der Waals surface area contributed by atoms with Crippen molar-refractivity contribution < 1.29 is 0 Å². The molecule has 2 aromatic rings. The fraction of sp³-hybridized carbons (Fsp3) is 0.357. The lowest BCUT2D eigenvalue weighted by atomic mass is 10.2. The zero-order chi connectivity index (χ0) is 13.1. The molecule has 1 heterocycles. The van der Waals surface area contributed by atoms with Gasteiger partial charge in [-0.05, 0) is 54.0 Å². The molecule has 0 spiro atoms. The van der Waals surface area contributed by atoms with E-state index in [2.05, 4.69) is 64.5 Å². The first-order valence-electron chi connectivity index (χ1n) is 6.15. The lowest BCUT2D eigenvalue weighted by molar-refractivity contribution is 0.724. The number of nitrogens with zero attached hydrogens (tertiary/aromatic N) is 2. The first-order chi connectivity index (χ1) is 8.63. The van der Waals surface area contributed by atoms with Crippen molar-refractivity contribution >= 4 is 15.9 Å². The summed E-state index contributed by atoms with van der Waals surface area (Å²) >= 11 is 3.56. The van der Waals surface area contributed by atoms with Gasteiger partial charge in [0.1, 0.15) is 0 Å². The van der Waals surface area contributed by atoms with Gasteiger partial charge in [0.15, 0.2) is 0 Å². The maximum Gasteiger partial charge on any atom is 0.0743 e. The summed E-state index contributed by atoms with van der Waals surface area (Å²) < 4.78 is 3.06. The van der Waals surface area contributed by atoms with Gasteiger partial charge < -0.3 is 5.32 Å². The highest BCUT2D eigenvalue weighted by Crippen LogP contribution is 2.23. The second-order valence-electron chi connectivity index (χ2n) is 4.35. The van der Waals surface area contributed by atoms with Crippen molar-refractivity contribution in [2.24, 2.45) is 0 Å². The normalized spacial score (nSPS) is 10.9. The first-order valence-corrected chi connectivity index (χ1v) is 6.94. The molecule has 1 aromatic carbocycles. The minimum atomic E-state index is 0.894. The van der Waals surface area contributed by atoms with Gasteiger partial charge in [0.25, 0.3) is 0 Å². The minimum absolute atomic E-state index is 0.894. The Morgan fingerprint density at radius 3 is 2.72 bits per heavy atom. The van der Waals surface area contributed by atoms with Crippen molar-refractivity contribution in [3.63, 3.8) is 0 Å². The number of nitrogens with one attached hydrogen (secondary N) is 1. The fourth-order valence-electron chi connectivity index (χ4n) is 1.94. The van der Waals surface area contributed by atoms with Gasteiger partial charge in [-0.3, -0.25) is 0 Å². The molecule has 0 radical (unpaired) electrons. The van der Waals surface area contributed by atoms with Gasteiger partial charge in [-0.15, -0.1) is 0 Å². The summed E-state index contributed by atoms with van der Waals surface area (Å²) in [7, 11) is 0. The second kappa shape index (κ2) is 5.67. The molecule has 0 fully saturated rings. The zero-order valence-electron chi connectivity index (χ0n) is 11.0. The third-order valence-electron chi connectivity index (χ3n) is 2.94. The van der Waals surface area contributed by atoms with Crippen LogP contribution in [-0.2, 0) is 6.54 Å². The van der Waals surface area contributed by atoms with Crippen molar-refractivity contribution in [3.05, 3.63) is 45.7 Å². The molecule has 18 heavy (non-hydrogen) atoms. The van der Waals surface area contributed by atoms with Crippen LogP contribution in [0.25, 0.3) is 5.69 Å². The smallest absolute Gasteiger partial charge is 0.0743 e. The number of aromatic nitrogens is 2. The van der Waals surface area contributed by atoms with Crippen LogP contribution in [0.1, 0.15) is 23.9 Å². The molecule has 1 N–H and O–H groups in total. The van der Waals surface area contributed by atoms with Crippen LogP contribution in [0, 0.1) is 13.8 Å². The fourth-order valence-corrected chi connectivity index (χ4v) is 2.19. The summed E-state index contributed by atoms with van der Waals surface area (Å²) in [5.74, 6) is 0. The molecular formula is C14H18BrN3. The third kappa shape index (κ3) is 2.65. The van der Waals surface area contributed by atoms with Crippen LogP contribution < -0.4 is 5.32 Å². The Morgan fingerprint density at radius 1 is 1.33 bits per heavy atom. The quantitative estimate of drug-likeness (QED) is 0.938. The van der Waals surface area contributed by atoms with Gasteiger partial charge in [0, 0.05) is 6.54 Å². The van der Waals surface area contributed by atoms with Gasteiger partial charge in [0.05, 0.1) is 21.5 Å². The predicted octanol–water partition coefficient (Wildman–Crippen LogP) is 3.36. The molecule has 1 aromatic heterocycles. The molecule has 0 aliphatic carbocycles. The van der Waals surface area contributed by atoms with Gasteiger partial charge in [0.2, 0.25) is 0 Å². The number of benzene rings is 1. The van der Waals surface area contributed by atoms with Crippen molar-refractivity contribution in [1.29, 1.82) is 0 Å². The Labute approximate surface area is 116 Å². The Morgan fingerprint density at radius 2 is 2.11 bits per heavy atom. The van der Waals surface area contributed by atoms with Crippen LogP contribution in [0.3, 0.4) is 0 Å². The van der Waals surface area contributed by atoms with Gasteiger partial charge in [-0.1, -0.05) is 19.1 Å². The molecule has 3 nitrogen and oxygen atoms in total. The number of hydrogen-bond acceptors (Lipinski definition) is 2. The van der Waals surface area contributed by atoms with Crippen LogP contribution in [0.15, 0.2) is 28.7 Å². The molecule has 4 heteroatoms. The predicted molar refractivity (Wildman–Crippen MR) is 78.1 cm³/mol. The maximum absolute atomic E-state index is 4.55. The summed E-state index contributed by atoms with van der Waals surface area (Å²) in [6.07, 6.45) is 0. The molecule has 0 unspecified atom stereocenters. The Balaban J connectivity index is 2.35. The Hall–Kier alpha value is -1.13. The standard InChI is InChI=1S/C14H18BrN3/c1-4-16-9-12-6-5-7-13(8-12)18-11(3)14(15)10(2)17-18/h5-8,16H,4,9H2,1-3H3. The van der Waals surface area contributed by atoms with Crippen LogP contribution in [0.2, 0.25) is 0 Å². The summed E-state index contributed by atoms with van der Waals surface area (Å²) in [4.78, 5) is 0. The molecule has 96 valence electrons. The van der Waals surface area contributed by atoms with E-state index in [0.29, 0.717) is 0 Å². The molecule has 0 amide bonds. The highest BCUT2D eigenvalue weighted by molar-refractivity contribution is 9.10. The molecule has 2 rings (SSSR count). The lowest BCUT2D eigenvalue weighted by Gasteiger charge is -2.07. The van der Waals surface area contributed by atoms with Crippen LogP contribution >= 0.6 is 15.9 Å². The SMILES string of the molecule is CCNCc1cccc(-n2nc(C)c(Br)c2C)c1. The van der Waals surface area contributed by atoms with Crippen molar-refractivity contribution in [3.8, 4) is 5.69 Å². The third-order valence-corrected chi connectivity index (χ3v) is 4.08. The van der Waals surface area contributed by atoms with Crippen molar-refractivity contribution in [1.82, 2.24) is 15.1 Å². The van der Waals surface area contributed by atoms with Gasteiger partial charge >= 0.3 is 0 Å². The zero-order valence-corrected chi connectivity index (χ0v) is 12.6. The largest absolute Gasteiger partial charge is 0.313 e. The average Bonchev–Trinajstić information content (AvgIpc) is 2.64. The molecular weight excluding hydrogens is 290 g/mol. The van der Waals surface area contributed by atoms with E-state index in [1.807, 2.05) is 11.6 Å². The van der Waals surface area contributed by atoms with Crippen LogP contribution in [-0.4, -0.2) is 16.3 Å². The average molecular weight is 308 g/mol. The minimum Gasteiger partial charge on any atom is -0.313 e. The second-order valence-corrected chi connectivity index (χ2v) is 5.14. The monoisotopic (exact) mass is 307 g/mol. The van der Waals surface area contributed by atoms with E-state index in [1.165, 1.54) is 5.56 Å². The number of rotatable bonds is 4. The highest BCUT2D eigenvalue weighted by atomic mass is 79.9. The van der Waals surface area contributed by atoms with Crippen LogP contribution in [0.5, 0.6) is 0 Å². The number of hydrogen-bond donors (Lipinski definition) is 1. The van der Waals surface area contributed by atoms with E-state index < -0.39 is 0 Å². The maximum atomic E-state index is 4.55. The Kier molecular flexibility index (Phi) is 4.19.